The summed E-state index contributed by atoms with van der Waals surface area (Å²) in [6.07, 6.45) is 2.08. The Morgan fingerprint density at radius 2 is 1.91 bits per heavy atom. The van der Waals surface area contributed by atoms with E-state index < -0.39 is 0 Å². The SMILES string of the molecule is CN(C)c1cccc(C(=O)N2CCCC2c2ccc(Br)cc2)c1. The third kappa shape index (κ3) is 3.42. The monoisotopic (exact) mass is 372 g/mol. The van der Waals surface area contributed by atoms with Crippen molar-refractivity contribution in [1.82, 2.24) is 4.90 Å². The van der Waals surface area contributed by atoms with E-state index in [-0.39, 0.29) is 11.9 Å². The molecule has 1 aliphatic rings. The van der Waals surface area contributed by atoms with Crippen LogP contribution in [0.3, 0.4) is 0 Å². The van der Waals surface area contributed by atoms with Gasteiger partial charge in [-0.05, 0) is 48.7 Å². The van der Waals surface area contributed by atoms with Crippen LogP contribution in [0.4, 0.5) is 5.69 Å². The van der Waals surface area contributed by atoms with Gasteiger partial charge in [0.05, 0.1) is 6.04 Å². The highest BCUT2D eigenvalue weighted by Crippen LogP contribution is 2.34. The van der Waals surface area contributed by atoms with E-state index in [9.17, 15) is 4.79 Å². The number of carbonyl (C=O) groups excluding carboxylic acids is 1. The van der Waals surface area contributed by atoms with Gasteiger partial charge in [0.1, 0.15) is 0 Å². The van der Waals surface area contributed by atoms with E-state index in [4.69, 9.17) is 0 Å². The average Bonchev–Trinajstić information content (AvgIpc) is 3.04. The molecule has 3 nitrogen and oxygen atoms in total. The maximum atomic E-state index is 13.0. The van der Waals surface area contributed by atoms with Gasteiger partial charge in [0, 0.05) is 36.4 Å². The Balaban J connectivity index is 1.86. The standard InChI is InChI=1S/C19H21BrN2O/c1-21(2)17-6-3-5-15(13-17)19(23)22-12-4-7-18(22)14-8-10-16(20)11-9-14/h3,5-6,8-11,13,18H,4,7,12H2,1-2H3. The normalized spacial score (nSPS) is 17.3. The molecule has 4 heteroatoms. The number of likely N-dealkylation sites (tertiary alicyclic amines) is 1. The summed E-state index contributed by atoms with van der Waals surface area (Å²) in [6, 6.07) is 16.3. The Labute approximate surface area is 146 Å². The second-order valence-electron chi connectivity index (χ2n) is 6.15. The number of hydrogen-bond acceptors (Lipinski definition) is 2. The molecule has 2 aromatic carbocycles. The Bertz CT molecular complexity index is 697. The van der Waals surface area contributed by atoms with Gasteiger partial charge >= 0.3 is 0 Å². The zero-order valence-electron chi connectivity index (χ0n) is 13.5. The molecule has 0 bridgehead atoms. The molecule has 0 radical (unpaired) electrons. The van der Waals surface area contributed by atoms with E-state index >= 15 is 0 Å². The molecule has 1 amide bonds. The molecular formula is C19H21BrN2O. The molecule has 0 aromatic heterocycles. The Morgan fingerprint density at radius 3 is 2.61 bits per heavy atom. The molecule has 1 atom stereocenters. The highest BCUT2D eigenvalue weighted by molar-refractivity contribution is 9.10. The van der Waals surface area contributed by atoms with Crippen LogP contribution in [0.25, 0.3) is 0 Å². The summed E-state index contributed by atoms with van der Waals surface area (Å²) in [5.41, 5.74) is 3.03. The first-order valence-electron chi connectivity index (χ1n) is 7.90. The number of carbonyl (C=O) groups is 1. The second-order valence-corrected chi connectivity index (χ2v) is 7.07. The Morgan fingerprint density at radius 1 is 1.17 bits per heavy atom. The lowest BCUT2D eigenvalue weighted by atomic mass is 10.0. The van der Waals surface area contributed by atoms with Crippen molar-refractivity contribution in [2.75, 3.05) is 25.5 Å². The molecule has 120 valence electrons. The highest BCUT2D eigenvalue weighted by Gasteiger charge is 2.30. The molecule has 1 heterocycles. The Kier molecular flexibility index (Phi) is 4.71. The fourth-order valence-corrected chi connectivity index (χ4v) is 3.39. The molecule has 3 rings (SSSR count). The minimum Gasteiger partial charge on any atom is -0.378 e. The number of benzene rings is 2. The van der Waals surface area contributed by atoms with Crippen LogP contribution in [0, 0.1) is 0 Å². The number of rotatable bonds is 3. The van der Waals surface area contributed by atoms with Crippen LogP contribution in [0.15, 0.2) is 53.0 Å². The van der Waals surface area contributed by atoms with Gasteiger partial charge in [-0.15, -0.1) is 0 Å². The van der Waals surface area contributed by atoms with Crippen LogP contribution in [0.5, 0.6) is 0 Å². The quantitative estimate of drug-likeness (QED) is 0.791. The van der Waals surface area contributed by atoms with E-state index in [2.05, 4.69) is 28.1 Å². The van der Waals surface area contributed by atoms with Crippen molar-refractivity contribution < 1.29 is 4.79 Å². The smallest absolute Gasteiger partial charge is 0.254 e. The summed E-state index contributed by atoms with van der Waals surface area (Å²) in [7, 11) is 3.98. The van der Waals surface area contributed by atoms with Gasteiger partial charge in [0.2, 0.25) is 0 Å². The fourth-order valence-electron chi connectivity index (χ4n) is 3.12. The van der Waals surface area contributed by atoms with Crippen molar-refractivity contribution in [3.8, 4) is 0 Å². The largest absolute Gasteiger partial charge is 0.378 e. The van der Waals surface area contributed by atoms with Crippen LogP contribution in [0.1, 0.15) is 34.8 Å². The molecule has 1 aliphatic heterocycles. The first kappa shape index (κ1) is 16.1. The van der Waals surface area contributed by atoms with Crippen molar-refractivity contribution in [3.05, 3.63) is 64.1 Å². The predicted octanol–water partition coefficient (Wildman–Crippen LogP) is 4.49. The number of anilines is 1. The topological polar surface area (TPSA) is 23.6 Å². The van der Waals surface area contributed by atoms with Crippen LogP contribution in [-0.4, -0.2) is 31.4 Å². The molecule has 2 aromatic rings. The number of halogens is 1. The summed E-state index contributed by atoms with van der Waals surface area (Å²) < 4.78 is 1.07. The highest BCUT2D eigenvalue weighted by atomic mass is 79.9. The van der Waals surface area contributed by atoms with Crippen molar-refractivity contribution in [1.29, 1.82) is 0 Å². The molecule has 0 spiro atoms. The predicted molar refractivity (Wildman–Crippen MR) is 97.9 cm³/mol. The van der Waals surface area contributed by atoms with Crippen LogP contribution >= 0.6 is 15.9 Å². The van der Waals surface area contributed by atoms with Crippen LogP contribution < -0.4 is 4.90 Å². The maximum absolute atomic E-state index is 13.0. The molecule has 0 aliphatic carbocycles. The Hall–Kier alpha value is -1.81. The van der Waals surface area contributed by atoms with Gasteiger partial charge in [-0.2, -0.15) is 0 Å². The lowest BCUT2D eigenvalue weighted by Gasteiger charge is -2.26. The second kappa shape index (κ2) is 6.75. The zero-order valence-corrected chi connectivity index (χ0v) is 15.1. The first-order valence-corrected chi connectivity index (χ1v) is 8.69. The minimum absolute atomic E-state index is 0.124. The van der Waals surface area contributed by atoms with E-state index in [1.165, 1.54) is 5.56 Å². The van der Waals surface area contributed by atoms with Crippen molar-refractivity contribution >= 4 is 27.5 Å². The zero-order chi connectivity index (χ0) is 16.4. The maximum Gasteiger partial charge on any atom is 0.254 e. The van der Waals surface area contributed by atoms with E-state index in [0.29, 0.717) is 0 Å². The van der Waals surface area contributed by atoms with E-state index in [1.807, 2.05) is 60.3 Å². The number of hydrogen-bond donors (Lipinski definition) is 0. The number of amides is 1. The van der Waals surface area contributed by atoms with Gasteiger partial charge in [-0.1, -0.05) is 34.1 Å². The molecule has 1 unspecified atom stereocenters. The summed E-state index contributed by atoms with van der Waals surface area (Å²) in [5.74, 6) is 0.124. The summed E-state index contributed by atoms with van der Waals surface area (Å²) in [4.78, 5) is 17.0. The van der Waals surface area contributed by atoms with Gasteiger partial charge in [-0.3, -0.25) is 4.79 Å². The third-order valence-corrected chi connectivity index (χ3v) is 4.91. The van der Waals surface area contributed by atoms with Gasteiger partial charge in [-0.25, -0.2) is 0 Å². The lowest BCUT2D eigenvalue weighted by Crippen LogP contribution is -2.30. The van der Waals surface area contributed by atoms with Gasteiger partial charge < -0.3 is 9.80 Å². The fraction of sp³-hybridized carbons (Fsp3) is 0.316. The molecule has 1 fully saturated rings. The molecular weight excluding hydrogens is 352 g/mol. The molecule has 0 N–H and O–H groups in total. The van der Waals surface area contributed by atoms with Crippen LogP contribution in [-0.2, 0) is 0 Å². The summed E-state index contributed by atoms with van der Waals surface area (Å²) >= 11 is 3.47. The van der Waals surface area contributed by atoms with Crippen molar-refractivity contribution in [2.45, 2.75) is 18.9 Å². The van der Waals surface area contributed by atoms with Crippen molar-refractivity contribution in [2.24, 2.45) is 0 Å². The number of nitrogens with zero attached hydrogens (tertiary/aromatic N) is 2. The lowest BCUT2D eigenvalue weighted by molar-refractivity contribution is 0.0735. The van der Waals surface area contributed by atoms with E-state index in [1.54, 1.807) is 0 Å². The van der Waals surface area contributed by atoms with E-state index in [0.717, 1.165) is 35.1 Å². The van der Waals surface area contributed by atoms with Gasteiger partial charge in [0.15, 0.2) is 0 Å². The van der Waals surface area contributed by atoms with Gasteiger partial charge in [0.25, 0.3) is 5.91 Å². The summed E-state index contributed by atoms with van der Waals surface area (Å²) in [5, 5.41) is 0. The third-order valence-electron chi connectivity index (χ3n) is 4.38. The average molecular weight is 373 g/mol. The summed E-state index contributed by atoms with van der Waals surface area (Å²) in [6.45, 7) is 0.825. The molecule has 23 heavy (non-hydrogen) atoms. The minimum atomic E-state index is 0.124. The first-order chi connectivity index (χ1) is 11.1. The molecule has 1 saturated heterocycles. The van der Waals surface area contributed by atoms with Crippen LogP contribution in [0.2, 0.25) is 0 Å². The van der Waals surface area contributed by atoms with Crippen molar-refractivity contribution in [3.63, 3.8) is 0 Å². The molecule has 0 saturated carbocycles.